The van der Waals surface area contributed by atoms with E-state index in [2.05, 4.69) is 19.9 Å². The summed E-state index contributed by atoms with van der Waals surface area (Å²) in [5.41, 5.74) is 3.89. The van der Waals surface area contributed by atoms with Gasteiger partial charge in [0.1, 0.15) is 5.75 Å². The molecule has 4 aromatic rings. The van der Waals surface area contributed by atoms with Crippen molar-refractivity contribution in [3.63, 3.8) is 0 Å². The fourth-order valence-electron chi connectivity index (χ4n) is 3.62. The summed E-state index contributed by atoms with van der Waals surface area (Å²) in [5.74, 6) is 0.947. The van der Waals surface area contributed by atoms with Crippen LogP contribution in [0, 0.1) is 13.8 Å². The first-order chi connectivity index (χ1) is 15.8. The minimum atomic E-state index is -2.87. The number of Topliss-reactive ketones (excluding diaryl/α,β-unsaturated/α-hetero) is 1. The van der Waals surface area contributed by atoms with E-state index in [1.807, 2.05) is 48.2 Å². The van der Waals surface area contributed by atoms with Crippen molar-refractivity contribution in [2.75, 3.05) is 5.75 Å². The van der Waals surface area contributed by atoms with E-state index in [-0.39, 0.29) is 17.3 Å². The van der Waals surface area contributed by atoms with Crippen molar-refractivity contribution in [3.05, 3.63) is 71.8 Å². The zero-order chi connectivity index (χ0) is 23.5. The van der Waals surface area contributed by atoms with Crippen LogP contribution in [0.1, 0.15) is 21.7 Å². The summed E-state index contributed by atoms with van der Waals surface area (Å²) in [7, 11) is 1.86. The minimum Gasteiger partial charge on any atom is -0.435 e. The average Bonchev–Trinajstić information content (AvgIpc) is 3.31. The molecule has 0 aliphatic carbocycles. The van der Waals surface area contributed by atoms with Crippen LogP contribution in [0.5, 0.6) is 5.75 Å². The molecule has 0 saturated heterocycles. The van der Waals surface area contributed by atoms with Gasteiger partial charge in [-0.1, -0.05) is 11.8 Å². The number of nitrogens with zero attached hydrogens (tertiary/aromatic N) is 5. The number of carbonyl (C=O) groups is 1. The Morgan fingerprint density at radius 1 is 1.09 bits per heavy atom. The molecule has 0 aliphatic rings. The monoisotopic (exact) mass is 469 g/mol. The number of halogens is 2. The van der Waals surface area contributed by atoms with Crippen LogP contribution < -0.4 is 4.74 Å². The van der Waals surface area contributed by atoms with Gasteiger partial charge in [0.25, 0.3) is 0 Å². The van der Waals surface area contributed by atoms with Gasteiger partial charge in [0.2, 0.25) is 0 Å². The molecule has 0 fully saturated rings. The Labute approximate surface area is 193 Å². The Morgan fingerprint density at radius 3 is 2.45 bits per heavy atom. The molecule has 0 bridgehead atoms. The third-order valence-electron chi connectivity index (χ3n) is 5.16. The maximum Gasteiger partial charge on any atom is 0.387 e. The fraction of sp³-hybridized carbons (Fsp3) is 0.217. The van der Waals surface area contributed by atoms with Gasteiger partial charge >= 0.3 is 6.61 Å². The molecule has 7 nitrogen and oxygen atoms in total. The predicted octanol–water partition coefficient (Wildman–Crippen LogP) is 4.86. The molecule has 0 aliphatic heterocycles. The summed E-state index contributed by atoms with van der Waals surface area (Å²) in [6.45, 7) is 0.880. The molecule has 0 radical (unpaired) electrons. The van der Waals surface area contributed by atoms with E-state index < -0.39 is 6.61 Å². The van der Waals surface area contributed by atoms with Crippen LogP contribution >= 0.6 is 11.8 Å². The smallest absolute Gasteiger partial charge is 0.387 e. The van der Waals surface area contributed by atoms with Gasteiger partial charge in [-0.05, 0) is 56.3 Å². The number of thioether (sulfide) groups is 1. The Hall–Kier alpha value is -3.53. The highest BCUT2D eigenvalue weighted by Crippen LogP contribution is 2.26. The normalized spacial score (nSPS) is 11.2. The Balaban J connectivity index is 1.49. The van der Waals surface area contributed by atoms with Crippen molar-refractivity contribution in [3.8, 4) is 22.8 Å². The van der Waals surface area contributed by atoms with Crippen molar-refractivity contribution in [1.29, 1.82) is 0 Å². The van der Waals surface area contributed by atoms with Crippen molar-refractivity contribution >= 4 is 17.5 Å². The van der Waals surface area contributed by atoms with E-state index in [1.165, 1.54) is 23.9 Å². The SMILES string of the molecule is Cc1cc(C(=O)CSc2nnc(-c3ccncc3)n2C)c(C)n1-c1ccc(OC(F)F)cc1. The number of ketones is 1. The van der Waals surface area contributed by atoms with Gasteiger partial charge in [0.05, 0.1) is 5.75 Å². The lowest BCUT2D eigenvalue weighted by atomic mass is 10.2. The molecule has 0 atom stereocenters. The van der Waals surface area contributed by atoms with E-state index in [4.69, 9.17) is 0 Å². The van der Waals surface area contributed by atoms with Gasteiger partial charge in [-0.3, -0.25) is 9.78 Å². The number of aryl methyl sites for hydroxylation is 1. The first-order valence-corrected chi connectivity index (χ1v) is 11.0. The number of alkyl halides is 2. The number of ether oxygens (including phenoxy) is 1. The summed E-state index contributed by atoms with van der Waals surface area (Å²) in [6, 6.07) is 11.9. The summed E-state index contributed by atoms with van der Waals surface area (Å²) in [4.78, 5) is 17.0. The highest BCUT2D eigenvalue weighted by Gasteiger charge is 2.19. The number of benzene rings is 1. The lowest BCUT2D eigenvalue weighted by Gasteiger charge is -2.11. The van der Waals surface area contributed by atoms with Gasteiger partial charge in [-0.15, -0.1) is 10.2 Å². The van der Waals surface area contributed by atoms with E-state index >= 15 is 0 Å². The third-order valence-corrected chi connectivity index (χ3v) is 6.18. The summed E-state index contributed by atoms with van der Waals surface area (Å²) < 4.78 is 33.0. The van der Waals surface area contributed by atoms with Crippen LogP contribution in [0.3, 0.4) is 0 Å². The van der Waals surface area contributed by atoms with Crippen LogP contribution in [-0.4, -0.2) is 42.5 Å². The Kier molecular flexibility index (Phi) is 6.55. The first-order valence-electron chi connectivity index (χ1n) is 10.0. The molecule has 3 heterocycles. The predicted molar refractivity (Wildman–Crippen MR) is 121 cm³/mol. The van der Waals surface area contributed by atoms with Crippen molar-refractivity contribution in [2.24, 2.45) is 7.05 Å². The van der Waals surface area contributed by atoms with Gasteiger partial charge in [-0.25, -0.2) is 0 Å². The summed E-state index contributed by atoms with van der Waals surface area (Å²) in [6.07, 6.45) is 3.38. The molecule has 0 spiro atoms. The molecule has 4 rings (SSSR count). The molecule has 33 heavy (non-hydrogen) atoms. The molecule has 0 amide bonds. The zero-order valence-corrected chi connectivity index (χ0v) is 19.0. The number of carbonyl (C=O) groups excluding carboxylic acids is 1. The van der Waals surface area contributed by atoms with Crippen LogP contribution in [0.2, 0.25) is 0 Å². The average molecular weight is 470 g/mol. The number of hydrogen-bond donors (Lipinski definition) is 0. The summed E-state index contributed by atoms with van der Waals surface area (Å²) >= 11 is 1.32. The Bertz CT molecular complexity index is 1270. The molecular formula is C23H21F2N5O2S. The topological polar surface area (TPSA) is 74.8 Å². The molecule has 0 N–H and O–H groups in total. The molecule has 0 saturated carbocycles. The lowest BCUT2D eigenvalue weighted by Crippen LogP contribution is -2.07. The van der Waals surface area contributed by atoms with Gasteiger partial charge in [0, 0.05) is 47.6 Å². The van der Waals surface area contributed by atoms with Gasteiger partial charge < -0.3 is 13.9 Å². The van der Waals surface area contributed by atoms with E-state index in [9.17, 15) is 13.6 Å². The highest BCUT2D eigenvalue weighted by molar-refractivity contribution is 7.99. The number of pyridine rings is 1. The van der Waals surface area contributed by atoms with Crippen molar-refractivity contribution in [1.82, 2.24) is 24.3 Å². The van der Waals surface area contributed by atoms with E-state index in [1.54, 1.807) is 24.5 Å². The van der Waals surface area contributed by atoms with Crippen molar-refractivity contribution in [2.45, 2.75) is 25.6 Å². The maximum absolute atomic E-state index is 13.0. The lowest BCUT2D eigenvalue weighted by molar-refractivity contribution is -0.0498. The van der Waals surface area contributed by atoms with Gasteiger partial charge in [-0.2, -0.15) is 8.78 Å². The first kappa shape index (κ1) is 22.7. The van der Waals surface area contributed by atoms with Crippen LogP contribution in [0.4, 0.5) is 8.78 Å². The minimum absolute atomic E-state index is 0.0366. The molecule has 170 valence electrons. The Morgan fingerprint density at radius 2 is 1.79 bits per heavy atom. The van der Waals surface area contributed by atoms with Crippen LogP contribution in [-0.2, 0) is 7.05 Å². The number of hydrogen-bond acceptors (Lipinski definition) is 6. The number of aromatic nitrogens is 5. The summed E-state index contributed by atoms with van der Waals surface area (Å²) in [5, 5.41) is 9.08. The quantitative estimate of drug-likeness (QED) is 0.271. The van der Waals surface area contributed by atoms with Crippen LogP contribution in [0.25, 0.3) is 17.1 Å². The third kappa shape index (κ3) is 4.80. The molecule has 10 heteroatoms. The zero-order valence-electron chi connectivity index (χ0n) is 18.2. The molecular weight excluding hydrogens is 448 g/mol. The second-order valence-electron chi connectivity index (χ2n) is 7.31. The standard InChI is InChI=1S/C23H21F2N5O2S/c1-14-12-19(15(2)30(14)17-4-6-18(7-5-17)32-22(24)25)20(31)13-33-23-28-27-21(29(23)3)16-8-10-26-11-9-16/h4-12,22H,13H2,1-3H3. The number of rotatable bonds is 8. The largest absolute Gasteiger partial charge is 0.435 e. The van der Waals surface area contributed by atoms with E-state index in [0.717, 1.165) is 22.6 Å². The second kappa shape index (κ2) is 9.53. The highest BCUT2D eigenvalue weighted by atomic mass is 32.2. The molecule has 3 aromatic heterocycles. The van der Waals surface area contributed by atoms with Crippen molar-refractivity contribution < 1.29 is 18.3 Å². The molecule has 0 unspecified atom stereocenters. The van der Waals surface area contributed by atoms with E-state index in [0.29, 0.717) is 16.5 Å². The fourth-order valence-corrected chi connectivity index (χ4v) is 4.41. The van der Waals surface area contributed by atoms with Gasteiger partial charge in [0.15, 0.2) is 16.8 Å². The molecule has 1 aromatic carbocycles. The maximum atomic E-state index is 13.0. The second-order valence-corrected chi connectivity index (χ2v) is 8.25. The van der Waals surface area contributed by atoms with Crippen LogP contribution in [0.15, 0.2) is 60.0 Å².